The fourth-order valence-electron chi connectivity index (χ4n) is 1.18. The van der Waals surface area contributed by atoms with E-state index in [9.17, 15) is 4.79 Å². The number of nitrogens with one attached hydrogen (secondary N) is 1. The lowest BCUT2D eigenvalue weighted by Gasteiger charge is -2.01. The molecule has 1 heterocycles. The van der Waals surface area contributed by atoms with E-state index < -0.39 is 0 Å². The van der Waals surface area contributed by atoms with Gasteiger partial charge in [-0.1, -0.05) is 15.9 Å². The Bertz CT molecular complexity index is 505. The van der Waals surface area contributed by atoms with Crippen molar-refractivity contribution in [3.8, 4) is 0 Å². The molecule has 5 heteroatoms. The topological polar surface area (TPSA) is 55.1 Å². The molecule has 0 saturated heterocycles. The number of oxazole rings is 1. The number of nitrogens with zero attached hydrogens (tertiary/aromatic N) is 1. The molecule has 0 aliphatic rings. The molecule has 4 nitrogen and oxygen atoms in total. The second-order valence-electron chi connectivity index (χ2n) is 3.24. The smallest absolute Gasteiger partial charge is 0.311 e. The highest BCUT2D eigenvalue weighted by Gasteiger charge is 2.11. The van der Waals surface area contributed by atoms with Crippen LogP contribution in [-0.4, -0.2) is 10.9 Å². The lowest BCUT2D eigenvalue weighted by molar-refractivity contribution is 0.0989. The molecule has 2 aromatic rings. The number of aryl methyl sites for hydroxylation is 1. The summed E-state index contributed by atoms with van der Waals surface area (Å²) in [7, 11) is 0. The minimum absolute atomic E-state index is 0.0698. The number of hydrogen-bond donors (Lipinski definition) is 1. The number of carbonyl (C=O) groups excluding carboxylic acids is 1. The Morgan fingerprint density at radius 2 is 2.06 bits per heavy atom. The van der Waals surface area contributed by atoms with Crippen molar-refractivity contribution < 1.29 is 9.21 Å². The number of amides is 1. The van der Waals surface area contributed by atoms with Gasteiger partial charge in [0.25, 0.3) is 5.89 Å². The van der Waals surface area contributed by atoms with Crippen LogP contribution in [0, 0.1) is 6.92 Å². The Kier molecular flexibility index (Phi) is 3.05. The van der Waals surface area contributed by atoms with Crippen LogP contribution in [0.4, 0.5) is 5.69 Å². The first-order chi connectivity index (χ1) is 7.65. The van der Waals surface area contributed by atoms with E-state index in [4.69, 9.17) is 4.42 Å². The molecule has 82 valence electrons. The Labute approximate surface area is 101 Å². The molecule has 16 heavy (non-hydrogen) atoms. The third kappa shape index (κ3) is 2.49. The van der Waals surface area contributed by atoms with Crippen molar-refractivity contribution in [3.63, 3.8) is 0 Å². The van der Waals surface area contributed by atoms with Gasteiger partial charge in [-0.25, -0.2) is 4.98 Å². The summed E-state index contributed by atoms with van der Waals surface area (Å²) in [5.41, 5.74) is 0.698. The normalized spacial score (nSPS) is 10.1. The number of carbonyl (C=O) groups is 1. The van der Waals surface area contributed by atoms with Crippen LogP contribution in [0.15, 0.2) is 39.4 Å². The Morgan fingerprint density at radius 1 is 1.38 bits per heavy atom. The monoisotopic (exact) mass is 280 g/mol. The fraction of sp³-hybridized carbons (Fsp3) is 0.0909. The van der Waals surface area contributed by atoms with Crippen LogP contribution in [0.3, 0.4) is 0 Å². The van der Waals surface area contributed by atoms with Gasteiger partial charge in [0.2, 0.25) is 0 Å². The highest BCUT2D eigenvalue weighted by molar-refractivity contribution is 9.10. The number of benzene rings is 1. The number of hydrogen-bond acceptors (Lipinski definition) is 3. The van der Waals surface area contributed by atoms with Gasteiger partial charge in [-0.3, -0.25) is 4.79 Å². The van der Waals surface area contributed by atoms with Crippen LogP contribution in [0.25, 0.3) is 0 Å². The van der Waals surface area contributed by atoms with Gasteiger partial charge in [0.1, 0.15) is 5.76 Å². The number of halogens is 1. The summed E-state index contributed by atoms with van der Waals surface area (Å²) in [4.78, 5) is 15.5. The average molecular weight is 281 g/mol. The standard InChI is InChI=1S/C11H9BrN2O2/c1-7-6-13-11(16-7)10(15)14-9-4-2-8(12)3-5-9/h2-6H,1H3,(H,14,15). The highest BCUT2D eigenvalue weighted by atomic mass is 79.9. The zero-order valence-corrected chi connectivity index (χ0v) is 10.1. The summed E-state index contributed by atoms with van der Waals surface area (Å²) >= 11 is 3.32. The first kappa shape index (κ1) is 10.9. The molecule has 0 unspecified atom stereocenters. The maximum atomic E-state index is 11.6. The fourth-order valence-corrected chi connectivity index (χ4v) is 1.44. The van der Waals surface area contributed by atoms with Crippen molar-refractivity contribution in [3.05, 3.63) is 46.6 Å². The quantitative estimate of drug-likeness (QED) is 0.920. The van der Waals surface area contributed by atoms with Crippen LogP contribution in [0.2, 0.25) is 0 Å². The van der Waals surface area contributed by atoms with E-state index >= 15 is 0 Å². The van der Waals surface area contributed by atoms with E-state index in [-0.39, 0.29) is 11.8 Å². The summed E-state index contributed by atoms with van der Waals surface area (Å²) < 4.78 is 6.06. The van der Waals surface area contributed by atoms with E-state index in [0.717, 1.165) is 4.47 Å². The molecule has 0 saturated carbocycles. The van der Waals surface area contributed by atoms with Gasteiger partial charge in [-0.15, -0.1) is 0 Å². The lowest BCUT2D eigenvalue weighted by atomic mass is 10.3. The molecule has 2 rings (SSSR count). The van der Waals surface area contributed by atoms with Crippen molar-refractivity contribution in [1.82, 2.24) is 4.98 Å². The number of anilines is 1. The largest absolute Gasteiger partial charge is 0.438 e. The van der Waals surface area contributed by atoms with E-state index in [0.29, 0.717) is 11.4 Å². The summed E-state index contributed by atoms with van der Waals surface area (Å²) in [6.45, 7) is 1.74. The molecule has 1 aromatic heterocycles. The third-order valence-corrected chi connectivity index (χ3v) is 2.45. The molecule has 0 radical (unpaired) electrons. The van der Waals surface area contributed by atoms with Gasteiger partial charge in [0.15, 0.2) is 0 Å². The summed E-state index contributed by atoms with van der Waals surface area (Å²) in [6.07, 6.45) is 1.51. The first-order valence-electron chi connectivity index (χ1n) is 4.64. The molecular formula is C11H9BrN2O2. The van der Waals surface area contributed by atoms with Gasteiger partial charge in [0.05, 0.1) is 6.20 Å². The number of rotatable bonds is 2. The summed E-state index contributed by atoms with van der Waals surface area (Å²) in [5, 5.41) is 2.68. The second-order valence-corrected chi connectivity index (χ2v) is 4.15. The average Bonchev–Trinajstić information content (AvgIpc) is 2.68. The Morgan fingerprint density at radius 3 is 2.62 bits per heavy atom. The molecule has 0 bridgehead atoms. The first-order valence-corrected chi connectivity index (χ1v) is 5.44. The SMILES string of the molecule is Cc1cnc(C(=O)Nc2ccc(Br)cc2)o1. The van der Waals surface area contributed by atoms with Crippen molar-refractivity contribution in [2.24, 2.45) is 0 Å². The Hall–Kier alpha value is -1.62. The third-order valence-electron chi connectivity index (χ3n) is 1.92. The van der Waals surface area contributed by atoms with Crippen LogP contribution < -0.4 is 5.32 Å². The van der Waals surface area contributed by atoms with Gasteiger partial charge in [-0.05, 0) is 31.2 Å². The van der Waals surface area contributed by atoms with Gasteiger partial charge in [-0.2, -0.15) is 0 Å². The van der Waals surface area contributed by atoms with Gasteiger partial charge in [0, 0.05) is 10.2 Å². The zero-order valence-electron chi connectivity index (χ0n) is 8.53. The van der Waals surface area contributed by atoms with Crippen LogP contribution in [0.5, 0.6) is 0 Å². The van der Waals surface area contributed by atoms with Gasteiger partial charge < -0.3 is 9.73 Å². The van der Waals surface area contributed by atoms with E-state index in [1.165, 1.54) is 6.20 Å². The van der Waals surface area contributed by atoms with Crippen molar-refractivity contribution in [2.45, 2.75) is 6.92 Å². The van der Waals surface area contributed by atoms with Crippen molar-refractivity contribution in [2.75, 3.05) is 5.32 Å². The molecule has 1 N–H and O–H groups in total. The Balaban J connectivity index is 2.10. The maximum Gasteiger partial charge on any atom is 0.311 e. The van der Waals surface area contributed by atoms with E-state index in [1.807, 2.05) is 12.1 Å². The lowest BCUT2D eigenvalue weighted by Crippen LogP contribution is -2.11. The van der Waals surface area contributed by atoms with E-state index in [2.05, 4.69) is 26.2 Å². The zero-order chi connectivity index (χ0) is 11.5. The minimum atomic E-state index is -0.351. The summed E-state index contributed by atoms with van der Waals surface area (Å²) in [5.74, 6) is 0.330. The highest BCUT2D eigenvalue weighted by Crippen LogP contribution is 2.15. The summed E-state index contributed by atoms with van der Waals surface area (Å²) in [6, 6.07) is 7.27. The molecule has 0 fully saturated rings. The minimum Gasteiger partial charge on any atom is -0.438 e. The van der Waals surface area contributed by atoms with Crippen LogP contribution >= 0.6 is 15.9 Å². The molecule has 0 atom stereocenters. The molecule has 0 aliphatic carbocycles. The second kappa shape index (κ2) is 4.49. The molecule has 1 amide bonds. The maximum absolute atomic E-state index is 11.6. The molecule has 0 spiro atoms. The predicted molar refractivity (Wildman–Crippen MR) is 63.3 cm³/mol. The van der Waals surface area contributed by atoms with Crippen molar-refractivity contribution in [1.29, 1.82) is 0 Å². The van der Waals surface area contributed by atoms with Crippen molar-refractivity contribution >= 4 is 27.5 Å². The van der Waals surface area contributed by atoms with Gasteiger partial charge >= 0.3 is 5.91 Å². The van der Waals surface area contributed by atoms with E-state index in [1.54, 1.807) is 19.1 Å². The molecular weight excluding hydrogens is 272 g/mol. The van der Waals surface area contributed by atoms with Crippen LogP contribution in [0.1, 0.15) is 16.4 Å². The molecule has 0 aliphatic heterocycles. The molecule has 1 aromatic carbocycles. The van der Waals surface area contributed by atoms with Crippen LogP contribution in [-0.2, 0) is 0 Å². The predicted octanol–water partition coefficient (Wildman–Crippen LogP) is 3.00. The number of aromatic nitrogens is 1.